The van der Waals surface area contributed by atoms with Crippen molar-refractivity contribution in [1.29, 1.82) is 0 Å². The standard InChI is InChI=1S/C9H16N2O3/c1-6(12)11-5-7(2-3-10)4-8(11)9(13)14/h7-8H,2-5,10H2,1H3,(H,13,14). The van der Waals surface area contributed by atoms with Gasteiger partial charge in [-0.2, -0.15) is 0 Å². The Morgan fingerprint density at radius 2 is 2.21 bits per heavy atom. The number of carbonyl (C=O) groups excluding carboxylic acids is 1. The summed E-state index contributed by atoms with van der Waals surface area (Å²) in [5.74, 6) is -0.846. The van der Waals surface area contributed by atoms with E-state index in [1.807, 2.05) is 0 Å². The predicted molar refractivity (Wildman–Crippen MR) is 50.6 cm³/mol. The molecule has 1 rings (SSSR count). The number of carboxylic acid groups (broad SMARTS) is 1. The molecule has 0 bridgehead atoms. The molecule has 80 valence electrons. The third-order valence-corrected chi connectivity index (χ3v) is 2.65. The Kier molecular flexibility index (Phi) is 3.46. The maximum atomic E-state index is 11.1. The number of aliphatic carboxylic acids is 1. The summed E-state index contributed by atoms with van der Waals surface area (Å²) < 4.78 is 0. The minimum atomic E-state index is -0.917. The van der Waals surface area contributed by atoms with Crippen LogP contribution >= 0.6 is 0 Å². The van der Waals surface area contributed by atoms with E-state index in [0.717, 1.165) is 6.42 Å². The normalized spacial score (nSPS) is 26.6. The summed E-state index contributed by atoms with van der Waals surface area (Å²) in [6.07, 6.45) is 1.32. The van der Waals surface area contributed by atoms with Gasteiger partial charge in [0.1, 0.15) is 6.04 Å². The number of nitrogens with zero attached hydrogens (tertiary/aromatic N) is 1. The highest BCUT2D eigenvalue weighted by Gasteiger charge is 2.37. The smallest absolute Gasteiger partial charge is 0.326 e. The zero-order valence-corrected chi connectivity index (χ0v) is 8.27. The van der Waals surface area contributed by atoms with Gasteiger partial charge in [-0.05, 0) is 25.3 Å². The Balaban J connectivity index is 2.65. The zero-order valence-electron chi connectivity index (χ0n) is 8.27. The van der Waals surface area contributed by atoms with Gasteiger partial charge in [0, 0.05) is 13.5 Å². The number of nitrogens with two attached hydrogens (primary N) is 1. The lowest BCUT2D eigenvalue weighted by Crippen LogP contribution is -2.39. The molecule has 0 spiro atoms. The van der Waals surface area contributed by atoms with Crippen molar-refractivity contribution in [2.24, 2.45) is 11.7 Å². The topological polar surface area (TPSA) is 83.6 Å². The fraction of sp³-hybridized carbons (Fsp3) is 0.778. The van der Waals surface area contributed by atoms with Crippen LogP contribution in [0.1, 0.15) is 19.8 Å². The van der Waals surface area contributed by atoms with E-state index in [4.69, 9.17) is 10.8 Å². The van der Waals surface area contributed by atoms with Crippen LogP contribution in [0, 0.1) is 5.92 Å². The minimum absolute atomic E-state index is 0.170. The second-order valence-electron chi connectivity index (χ2n) is 3.70. The third-order valence-electron chi connectivity index (χ3n) is 2.65. The molecule has 5 nitrogen and oxygen atoms in total. The van der Waals surface area contributed by atoms with Crippen LogP contribution in [0.3, 0.4) is 0 Å². The lowest BCUT2D eigenvalue weighted by molar-refractivity contribution is -0.147. The van der Waals surface area contributed by atoms with Crippen LogP contribution < -0.4 is 5.73 Å². The summed E-state index contributed by atoms with van der Waals surface area (Å²) in [5, 5.41) is 8.89. The van der Waals surface area contributed by atoms with Gasteiger partial charge in [-0.3, -0.25) is 4.79 Å². The van der Waals surface area contributed by atoms with Gasteiger partial charge >= 0.3 is 5.97 Å². The molecular formula is C9H16N2O3. The number of amides is 1. The van der Waals surface area contributed by atoms with Crippen LogP contribution in [-0.4, -0.2) is 41.0 Å². The molecule has 14 heavy (non-hydrogen) atoms. The van der Waals surface area contributed by atoms with E-state index in [0.29, 0.717) is 19.5 Å². The van der Waals surface area contributed by atoms with E-state index >= 15 is 0 Å². The molecule has 1 amide bonds. The zero-order chi connectivity index (χ0) is 10.7. The van der Waals surface area contributed by atoms with Crippen molar-refractivity contribution in [1.82, 2.24) is 4.90 Å². The maximum absolute atomic E-state index is 11.1. The number of carbonyl (C=O) groups is 2. The van der Waals surface area contributed by atoms with Crippen molar-refractivity contribution in [3.63, 3.8) is 0 Å². The van der Waals surface area contributed by atoms with Crippen LogP contribution in [0.2, 0.25) is 0 Å². The highest BCUT2D eigenvalue weighted by atomic mass is 16.4. The average Bonchev–Trinajstić information content (AvgIpc) is 2.49. The molecule has 2 unspecified atom stereocenters. The van der Waals surface area contributed by atoms with Crippen LogP contribution in [0.15, 0.2) is 0 Å². The van der Waals surface area contributed by atoms with Gasteiger partial charge in [-0.25, -0.2) is 4.79 Å². The molecule has 2 atom stereocenters. The molecule has 0 saturated carbocycles. The number of hydrogen-bond donors (Lipinski definition) is 2. The van der Waals surface area contributed by atoms with Crippen molar-refractivity contribution < 1.29 is 14.7 Å². The summed E-state index contributed by atoms with van der Waals surface area (Å²) in [7, 11) is 0. The summed E-state index contributed by atoms with van der Waals surface area (Å²) in [6, 6.07) is -0.649. The molecule has 1 saturated heterocycles. The number of likely N-dealkylation sites (tertiary alicyclic amines) is 1. The monoisotopic (exact) mass is 200 g/mol. The van der Waals surface area contributed by atoms with E-state index in [9.17, 15) is 9.59 Å². The second-order valence-corrected chi connectivity index (χ2v) is 3.70. The maximum Gasteiger partial charge on any atom is 0.326 e. The number of rotatable bonds is 3. The summed E-state index contributed by atoms with van der Waals surface area (Å²) in [5.41, 5.74) is 5.40. The van der Waals surface area contributed by atoms with Crippen molar-refractivity contribution >= 4 is 11.9 Å². The Labute approximate surface area is 82.9 Å². The average molecular weight is 200 g/mol. The van der Waals surface area contributed by atoms with Gasteiger partial charge in [-0.15, -0.1) is 0 Å². The van der Waals surface area contributed by atoms with Crippen LogP contribution in [0.25, 0.3) is 0 Å². The molecular weight excluding hydrogens is 184 g/mol. The Morgan fingerprint density at radius 1 is 1.57 bits per heavy atom. The quantitative estimate of drug-likeness (QED) is 0.652. The van der Waals surface area contributed by atoms with Gasteiger partial charge < -0.3 is 15.7 Å². The molecule has 3 N–H and O–H groups in total. The Hall–Kier alpha value is -1.10. The SMILES string of the molecule is CC(=O)N1CC(CCN)CC1C(=O)O. The summed E-state index contributed by atoms with van der Waals surface area (Å²) >= 11 is 0. The Morgan fingerprint density at radius 3 is 2.57 bits per heavy atom. The molecule has 0 aromatic rings. The molecule has 0 aromatic heterocycles. The Bertz CT molecular complexity index is 220. The fourth-order valence-electron chi connectivity index (χ4n) is 1.95. The minimum Gasteiger partial charge on any atom is -0.480 e. The van der Waals surface area contributed by atoms with Gasteiger partial charge in [0.05, 0.1) is 0 Å². The summed E-state index contributed by atoms with van der Waals surface area (Å²) in [4.78, 5) is 23.4. The van der Waals surface area contributed by atoms with E-state index in [-0.39, 0.29) is 11.8 Å². The molecule has 1 aliphatic heterocycles. The first-order valence-electron chi connectivity index (χ1n) is 4.76. The predicted octanol–water partition coefficient (Wildman–Crippen LogP) is -0.343. The molecule has 0 aromatic carbocycles. The van der Waals surface area contributed by atoms with Crippen molar-refractivity contribution in [2.45, 2.75) is 25.8 Å². The lowest BCUT2D eigenvalue weighted by atomic mass is 10.0. The van der Waals surface area contributed by atoms with E-state index in [1.165, 1.54) is 11.8 Å². The highest BCUT2D eigenvalue weighted by Crippen LogP contribution is 2.25. The molecule has 0 radical (unpaired) electrons. The molecule has 1 heterocycles. The van der Waals surface area contributed by atoms with Crippen LogP contribution in [-0.2, 0) is 9.59 Å². The lowest BCUT2D eigenvalue weighted by Gasteiger charge is -2.19. The van der Waals surface area contributed by atoms with Crippen molar-refractivity contribution in [3.05, 3.63) is 0 Å². The fourth-order valence-corrected chi connectivity index (χ4v) is 1.95. The largest absolute Gasteiger partial charge is 0.480 e. The molecule has 1 aliphatic rings. The van der Waals surface area contributed by atoms with E-state index < -0.39 is 12.0 Å². The van der Waals surface area contributed by atoms with Crippen LogP contribution in [0.4, 0.5) is 0 Å². The third kappa shape index (κ3) is 2.23. The number of hydrogen-bond acceptors (Lipinski definition) is 3. The first-order chi connectivity index (χ1) is 6.56. The first-order valence-corrected chi connectivity index (χ1v) is 4.76. The molecule has 0 aliphatic carbocycles. The van der Waals surface area contributed by atoms with Crippen molar-refractivity contribution in [2.75, 3.05) is 13.1 Å². The van der Waals surface area contributed by atoms with Gasteiger partial charge in [-0.1, -0.05) is 0 Å². The molecule has 5 heteroatoms. The number of carboxylic acids is 1. The summed E-state index contributed by atoms with van der Waals surface area (Å²) in [6.45, 7) is 2.48. The first kappa shape index (κ1) is 11.0. The van der Waals surface area contributed by atoms with E-state index in [1.54, 1.807) is 0 Å². The molecule has 1 fully saturated rings. The van der Waals surface area contributed by atoms with Gasteiger partial charge in [0.15, 0.2) is 0 Å². The van der Waals surface area contributed by atoms with Gasteiger partial charge in [0.25, 0.3) is 0 Å². The van der Waals surface area contributed by atoms with Gasteiger partial charge in [0.2, 0.25) is 5.91 Å². The second kappa shape index (κ2) is 4.41. The van der Waals surface area contributed by atoms with E-state index in [2.05, 4.69) is 0 Å². The highest BCUT2D eigenvalue weighted by molar-refractivity contribution is 5.82. The van der Waals surface area contributed by atoms with Crippen LogP contribution in [0.5, 0.6) is 0 Å². The van der Waals surface area contributed by atoms with Crippen molar-refractivity contribution in [3.8, 4) is 0 Å².